The summed E-state index contributed by atoms with van der Waals surface area (Å²) in [4.78, 5) is 12.0. The minimum atomic E-state index is -0.335. The van der Waals surface area contributed by atoms with E-state index in [0.29, 0.717) is 5.75 Å². The van der Waals surface area contributed by atoms with E-state index in [1.807, 2.05) is 31.2 Å². The first-order valence-corrected chi connectivity index (χ1v) is 7.81. The summed E-state index contributed by atoms with van der Waals surface area (Å²) in [6, 6.07) is 13.4. The number of ether oxygens (including phenoxy) is 1. The van der Waals surface area contributed by atoms with Gasteiger partial charge in [-0.1, -0.05) is 35.0 Å². The van der Waals surface area contributed by atoms with Gasteiger partial charge in [-0.2, -0.15) is 0 Å². The summed E-state index contributed by atoms with van der Waals surface area (Å²) in [5, 5.41) is 2.93. The Morgan fingerprint density at radius 3 is 2.41 bits per heavy atom. The molecule has 2 aromatic rings. The van der Waals surface area contributed by atoms with Gasteiger partial charge < -0.3 is 10.1 Å². The summed E-state index contributed by atoms with van der Waals surface area (Å²) in [5.74, 6) is -0.0783. The van der Waals surface area contributed by atoms with Crippen molar-refractivity contribution in [2.75, 3.05) is 6.61 Å². The second-order valence-electron chi connectivity index (χ2n) is 4.82. The molecule has 2 rings (SSSR count). The van der Waals surface area contributed by atoms with Gasteiger partial charge in [0.15, 0.2) is 6.61 Å². The van der Waals surface area contributed by atoms with Crippen molar-refractivity contribution in [3.8, 4) is 5.75 Å². The van der Waals surface area contributed by atoms with Crippen LogP contribution in [0.3, 0.4) is 0 Å². The number of nitrogens with one attached hydrogen (secondary N) is 1. The van der Waals surface area contributed by atoms with Crippen molar-refractivity contribution in [2.45, 2.75) is 19.4 Å². The number of hydrogen-bond donors (Lipinski definition) is 1. The molecule has 1 atom stereocenters. The van der Waals surface area contributed by atoms with Crippen molar-refractivity contribution >= 4 is 21.8 Å². The standard InChI is InChI=1S/C17H17BrFNO2/c1-2-16(12-3-5-13(18)6-4-12)20-17(21)11-22-15-9-7-14(19)8-10-15/h3-10,16H,2,11H2,1H3,(H,20,21). The van der Waals surface area contributed by atoms with Crippen molar-refractivity contribution in [1.82, 2.24) is 5.32 Å². The highest BCUT2D eigenvalue weighted by atomic mass is 79.9. The molecule has 0 bridgehead atoms. The zero-order chi connectivity index (χ0) is 15.9. The summed E-state index contributed by atoms with van der Waals surface area (Å²) in [6.07, 6.45) is 0.782. The van der Waals surface area contributed by atoms with Gasteiger partial charge in [-0.25, -0.2) is 4.39 Å². The number of amides is 1. The predicted molar refractivity (Wildman–Crippen MR) is 87.2 cm³/mol. The van der Waals surface area contributed by atoms with E-state index in [4.69, 9.17) is 4.74 Å². The molecule has 116 valence electrons. The molecule has 0 spiro atoms. The Morgan fingerprint density at radius 2 is 1.82 bits per heavy atom. The molecule has 0 saturated carbocycles. The quantitative estimate of drug-likeness (QED) is 0.831. The number of carbonyl (C=O) groups is 1. The molecule has 0 aliphatic rings. The number of rotatable bonds is 6. The van der Waals surface area contributed by atoms with Crippen molar-refractivity contribution in [2.24, 2.45) is 0 Å². The van der Waals surface area contributed by atoms with E-state index in [1.54, 1.807) is 0 Å². The SMILES string of the molecule is CCC(NC(=O)COc1ccc(F)cc1)c1ccc(Br)cc1. The summed E-state index contributed by atoms with van der Waals surface area (Å²) in [7, 11) is 0. The van der Waals surface area contributed by atoms with E-state index < -0.39 is 0 Å². The topological polar surface area (TPSA) is 38.3 Å². The molecule has 0 aliphatic heterocycles. The average molecular weight is 366 g/mol. The monoisotopic (exact) mass is 365 g/mol. The molecular formula is C17H17BrFNO2. The van der Waals surface area contributed by atoms with Crippen molar-refractivity contribution in [1.29, 1.82) is 0 Å². The van der Waals surface area contributed by atoms with Crippen LogP contribution >= 0.6 is 15.9 Å². The van der Waals surface area contributed by atoms with Gasteiger partial charge in [0.1, 0.15) is 11.6 Å². The van der Waals surface area contributed by atoms with Crippen LogP contribution in [0.5, 0.6) is 5.75 Å². The van der Waals surface area contributed by atoms with E-state index in [2.05, 4.69) is 21.2 Å². The van der Waals surface area contributed by atoms with Crippen LogP contribution in [0.4, 0.5) is 4.39 Å². The molecule has 0 radical (unpaired) electrons. The van der Waals surface area contributed by atoms with Crippen molar-refractivity contribution in [3.05, 3.63) is 64.4 Å². The van der Waals surface area contributed by atoms with Crippen LogP contribution in [-0.2, 0) is 4.79 Å². The normalized spacial score (nSPS) is 11.8. The maximum atomic E-state index is 12.8. The fourth-order valence-electron chi connectivity index (χ4n) is 2.03. The Hall–Kier alpha value is -1.88. The lowest BCUT2D eigenvalue weighted by molar-refractivity contribution is -0.123. The molecule has 1 amide bonds. The maximum Gasteiger partial charge on any atom is 0.258 e. The van der Waals surface area contributed by atoms with E-state index in [9.17, 15) is 9.18 Å². The van der Waals surface area contributed by atoms with Crippen LogP contribution in [0, 0.1) is 5.82 Å². The minimum Gasteiger partial charge on any atom is -0.484 e. The lowest BCUT2D eigenvalue weighted by Crippen LogP contribution is -2.32. The third-order valence-corrected chi connectivity index (χ3v) is 3.73. The van der Waals surface area contributed by atoms with Crippen LogP contribution in [0.15, 0.2) is 53.0 Å². The summed E-state index contributed by atoms with van der Waals surface area (Å²) < 4.78 is 19.1. The number of halogens is 2. The lowest BCUT2D eigenvalue weighted by Gasteiger charge is -2.17. The Morgan fingerprint density at radius 1 is 1.18 bits per heavy atom. The molecule has 1 unspecified atom stereocenters. The first-order chi connectivity index (χ1) is 10.6. The van der Waals surface area contributed by atoms with Gasteiger partial charge in [-0.3, -0.25) is 4.79 Å². The zero-order valence-electron chi connectivity index (χ0n) is 12.2. The maximum absolute atomic E-state index is 12.8. The van der Waals surface area contributed by atoms with E-state index in [0.717, 1.165) is 16.5 Å². The second kappa shape index (κ2) is 7.94. The van der Waals surface area contributed by atoms with E-state index in [-0.39, 0.29) is 24.4 Å². The fraction of sp³-hybridized carbons (Fsp3) is 0.235. The Kier molecular flexibility index (Phi) is 5.95. The van der Waals surface area contributed by atoms with E-state index >= 15 is 0 Å². The van der Waals surface area contributed by atoms with Gasteiger partial charge in [0, 0.05) is 4.47 Å². The van der Waals surface area contributed by atoms with Crippen LogP contribution in [0.2, 0.25) is 0 Å². The van der Waals surface area contributed by atoms with E-state index in [1.165, 1.54) is 24.3 Å². The average Bonchev–Trinajstić information content (AvgIpc) is 2.53. The van der Waals surface area contributed by atoms with Crippen LogP contribution in [0.25, 0.3) is 0 Å². The Labute approximate surface area is 137 Å². The first-order valence-electron chi connectivity index (χ1n) is 7.01. The summed E-state index contributed by atoms with van der Waals surface area (Å²) in [5.41, 5.74) is 1.04. The third kappa shape index (κ3) is 4.84. The van der Waals surface area contributed by atoms with Gasteiger partial charge >= 0.3 is 0 Å². The Bertz CT molecular complexity index is 614. The highest BCUT2D eigenvalue weighted by Crippen LogP contribution is 2.19. The molecule has 5 heteroatoms. The molecule has 0 saturated heterocycles. The second-order valence-corrected chi connectivity index (χ2v) is 5.74. The molecule has 0 heterocycles. The zero-order valence-corrected chi connectivity index (χ0v) is 13.8. The number of hydrogen-bond acceptors (Lipinski definition) is 2. The molecule has 0 fully saturated rings. The molecule has 0 aromatic heterocycles. The highest BCUT2D eigenvalue weighted by Gasteiger charge is 2.13. The minimum absolute atomic E-state index is 0.0579. The van der Waals surface area contributed by atoms with Crippen LogP contribution in [-0.4, -0.2) is 12.5 Å². The van der Waals surface area contributed by atoms with Gasteiger partial charge in [-0.15, -0.1) is 0 Å². The molecule has 3 nitrogen and oxygen atoms in total. The first kappa shape index (κ1) is 16.5. The van der Waals surface area contributed by atoms with Crippen LogP contribution in [0.1, 0.15) is 24.9 Å². The van der Waals surface area contributed by atoms with Crippen LogP contribution < -0.4 is 10.1 Å². The molecule has 0 aliphatic carbocycles. The van der Waals surface area contributed by atoms with Gasteiger partial charge in [0.05, 0.1) is 6.04 Å². The number of carbonyl (C=O) groups excluding carboxylic acids is 1. The third-order valence-electron chi connectivity index (χ3n) is 3.20. The van der Waals surface area contributed by atoms with Gasteiger partial charge in [0.2, 0.25) is 0 Å². The van der Waals surface area contributed by atoms with Gasteiger partial charge in [0.25, 0.3) is 5.91 Å². The summed E-state index contributed by atoms with van der Waals surface area (Å²) >= 11 is 3.39. The molecule has 1 N–H and O–H groups in total. The van der Waals surface area contributed by atoms with Crippen molar-refractivity contribution < 1.29 is 13.9 Å². The van der Waals surface area contributed by atoms with Crippen molar-refractivity contribution in [3.63, 3.8) is 0 Å². The molecule has 2 aromatic carbocycles. The predicted octanol–water partition coefficient (Wildman–Crippen LogP) is 4.23. The fourth-order valence-corrected chi connectivity index (χ4v) is 2.30. The smallest absolute Gasteiger partial charge is 0.258 e. The molecule has 22 heavy (non-hydrogen) atoms. The van der Waals surface area contributed by atoms with Gasteiger partial charge in [-0.05, 0) is 48.4 Å². The molecular weight excluding hydrogens is 349 g/mol. The summed E-state index contributed by atoms with van der Waals surface area (Å²) in [6.45, 7) is 1.91. The number of benzene rings is 2. The lowest BCUT2D eigenvalue weighted by atomic mass is 10.0. The highest BCUT2D eigenvalue weighted by molar-refractivity contribution is 9.10. The largest absolute Gasteiger partial charge is 0.484 e. The Balaban J connectivity index is 1.89.